The van der Waals surface area contributed by atoms with Gasteiger partial charge in [0.25, 0.3) is 0 Å². The van der Waals surface area contributed by atoms with Gasteiger partial charge in [-0.2, -0.15) is 0 Å². The van der Waals surface area contributed by atoms with Gasteiger partial charge in [0.1, 0.15) is 0 Å². The highest BCUT2D eigenvalue weighted by Gasteiger charge is 2.42. The third-order valence-corrected chi connectivity index (χ3v) is 23.4. The van der Waals surface area contributed by atoms with E-state index in [1.807, 2.05) is 18.2 Å². The van der Waals surface area contributed by atoms with Crippen LogP contribution in [0, 0.1) is 0 Å². The fourth-order valence-corrected chi connectivity index (χ4v) is 18.5. The van der Waals surface area contributed by atoms with Gasteiger partial charge in [-0.15, -0.1) is 0 Å². The van der Waals surface area contributed by atoms with Crippen LogP contribution in [-0.2, 0) is 15.4 Å². The van der Waals surface area contributed by atoms with Gasteiger partial charge in [-0.05, 0) is 191 Å². The van der Waals surface area contributed by atoms with Crippen LogP contribution in [0.2, 0.25) is 0 Å². The minimum Gasteiger partial charge on any atom is -0.309 e. The van der Waals surface area contributed by atoms with Crippen LogP contribution in [0.4, 0.5) is 0 Å². The molecule has 0 saturated carbocycles. The Hall–Kier alpha value is -11.5. The highest BCUT2D eigenvalue weighted by atomic mass is 31.2. The van der Waals surface area contributed by atoms with Gasteiger partial charge in [-0.3, -0.25) is 0 Å². The topological polar surface area (TPSA) is 17.1 Å². The molecule has 0 fully saturated rings. The molecule has 100 heavy (non-hydrogen) atoms. The normalized spacial score (nSPS) is 12.4. The van der Waals surface area contributed by atoms with Gasteiger partial charge in [0, 0.05) is 15.9 Å². The third kappa shape index (κ3) is 11.3. The molecule has 480 valence electrons. The Bertz CT molecular complexity index is 5200. The van der Waals surface area contributed by atoms with E-state index in [4.69, 9.17) is 0 Å². The summed E-state index contributed by atoms with van der Waals surface area (Å²) in [6, 6.07) is 131. The Morgan fingerprint density at radius 1 is 0.190 bits per heavy atom. The van der Waals surface area contributed by atoms with Crippen LogP contribution in [0.5, 0.6) is 0 Å². The summed E-state index contributed by atoms with van der Waals surface area (Å²) in [7, 11) is -3.57. The highest BCUT2D eigenvalue weighted by Crippen LogP contribution is 2.61. The van der Waals surface area contributed by atoms with Crippen molar-refractivity contribution >= 4 is 23.1 Å². The molecular weight excluding hydrogens is 1220 g/mol. The number of hydrogen-bond donors (Lipinski definition) is 0. The zero-order valence-electron chi connectivity index (χ0n) is 57.4. The van der Waals surface area contributed by atoms with Crippen molar-refractivity contribution in [3.63, 3.8) is 0 Å². The van der Waals surface area contributed by atoms with Crippen LogP contribution in [0.1, 0.15) is 52.7 Å². The van der Waals surface area contributed by atoms with E-state index in [0.717, 1.165) is 161 Å². The van der Waals surface area contributed by atoms with Crippen molar-refractivity contribution in [2.45, 2.75) is 52.4 Å². The molecule has 15 aromatic carbocycles. The lowest BCUT2D eigenvalue weighted by molar-refractivity contribution is 0.590. The van der Waals surface area contributed by atoms with Crippen LogP contribution >= 0.6 is 7.14 Å². The predicted molar refractivity (Wildman–Crippen MR) is 427 cm³/mol. The monoisotopic (exact) mass is 1300 g/mol. The van der Waals surface area contributed by atoms with Gasteiger partial charge in [0.15, 0.2) is 7.14 Å². The Kier molecular flexibility index (Phi) is 16.5. The fraction of sp³-hybridized carbons (Fsp3) is 0.0816. The first kappa shape index (κ1) is 63.3. The molecule has 0 N–H and O–H groups in total. The van der Waals surface area contributed by atoms with Crippen LogP contribution in [0.25, 0.3) is 145 Å². The summed E-state index contributed by atoms with van der Waals surface area (Å²) < 4.78 is 17.5. The molecule has 1 aliphatic heterocycles. The minimum absolute atomic E-state index is 0.0836. The summed E-state index contributed by atoms with van der Waals surface area (Å²) in [4.78, 5) is 0. The van der Waals surface area contributed by atoms with Crippen molar-refractivity contribution in [2.75, 3.05) is 0 Å². The third-order valence-electron chi connectivity index (χ3n) is 20.2. The van der Waals surface area contributed by atoms with Crippen LogP contribution in [-0.4, -0.2) is 0 Å². The Balaban J connectivity index is 1.08. The molecule has 1 heterocycles. The maximum absolute atomic E-state index is 17.5. The molecule has 15 aromatic rings. The SMILES string of the molecule is CC(C)(C)c1ccc(-c2c(-c3ccccc3)c(-c3ccccc3)c(-c3ccccc3)c(-c3ccccc3)c2-c2ccc3c(c2)-c2cc(-c4c(-c5ccccc5)c(-c5ccccc5)c(-c5ccccc5)c(-c5ccccc5)c4-c4ccc(C(C)(C)C)cc4)ccc2P3(=O)c2ccccc2)cc1. The lowest BCUT2D eigenvalue weighted by atomic mass is 9.73. The highest BCUT2D eigenvalue weighted by molar-refractivity contribution is 7.86. The first-order valence-electron chi connectivity index (χ1n) is 34.9. The molecular formula is C98H77OP. The zero-order valence-corrected chi connectivity index (χ0v) is 58.3. The van der Waals surface area contributed by atoms with E-state index in [0.29, 0.717) is 0 Å². The van der Waals surface area contributed by atoms with Gasteiger partial charge in [-0.25, -0.2) is 0 Å². The maximum Gasteiger partial charge on any atom is 0.172 e. The van der Waals surface area contributed by atoms with Gasteiger partial charge in [-0.1, -0.05) is 375 Å². The number of benzene rings is 15. The molecule has 2 heteroatoms. The van der Waals surface area contributed by atoms with Gasteiger partial charge in [0.05, 0.1) is 0 Å². The molecule has 0 radical (unpaired) electrons. The summed E-state index contributed by atoms with van der Waals surface area (Å²) in [5, 5.41) is 2.46. The van der Waals surface area contributed by atoms with E-state index in [2.05, 4.69) is 381 Å². The van der Waals surface area contributed by atoms with Crippen LogP contribution in [0.3, 0.4) is 0 Å². The Morgan fingerprint density at radius 3 is 0.560 bits per heavy atom. The van der Waals surface area contributed by atoms with Crippen LogP contribution in [0.15, 0.2) is 358 Å². The second-order valence-electron chi connectivity index (χ2n) is 28.5. The number of hydrogen-bond acceptors (Lipinski definition) is 1. The van der Waals surface area contributed by atoms with Crippen molar-refractivity contribution < 1.29 is 4.57 Å². The molecule has 0 unspecified atom stereocenters. The molecule has 0 aliphatic carbocycles. The van der Waals surface area contributed by atoms with E-state index in [-0.39, 0.29) is 10.8 Å². The van der Waals surface area contributed by atoms with E-state index in [1.165, 1.54) is 11.1 Å². The molecule has 0 spiro atoms. The molecule has 1 aliphatic rings. The Labute approximate surface area is 589 Å². The zero-order chi connectivity index (χ0) is 68.1. The number of fused-ring (bicyclic) bond motifs is 3. The second kappa shape index (κ2) is 26.1. The summed E-state index contributed by atoms with van der Waals surface area (Å²) in [5.41, 5.74) is 30.9. The molecule has 0 atom stereocenters. The second-order valence-corrected chi connectivity index (χ2v) is 31.2. The largest absolute Gasteiger partial charge is 0.309 e. The molecule has 0 amide bonds. The maximum atomic E-state index is 17.5. The average molecular weight is 1300 g/mol. The van der Waals surface area contributed by atoms with E-state index < -0.39 is 7.14 Å². The summed E-state index contributed by atoms with van der Waals surface area (Å²) >= 11 is 0. The van der Waals surface area contributed by atoms with Crippen molar-refractivity contribution in [1.29, 1.82) is 0 Å². The Morgan fingerprint density at radius 2 is 0.360 bits per heavy atom. The molecule has 0 saturated heterocycles. The predicted octanol–water partition coefficient (Wildman–Crippen LogP) is 25.9. The van der Waals surface area contributed by atoms with E-state index in [1.54, 1.807) is 0 Å². The fourth-order valence-electron chi connectivity index (χ4n) is 15.5. The number of rotatable bonds is 13. The molecule has 16 rings (SSSR count). The molecule has 0 aromatic heterocycles. The van der Waals surface area contributed by atoms with Crippen LogP contribution < -0.4 is 15.9 Å². The average Bonchev–Trinajstić information content (AvgIpc) is 1.26. The lowest BCUT2D eigenvalue weighted by Gasteiger charge is -2.29. The first-order chi connectivity index (χ1) is 48.8. The minimum atomic E-state index is -3.57. The van der Waals surface area contributed by atoms with Crippen molar-refractivity contribution in [1.82, 2.24) is 0 Å². The summed E-state index contributed by atoms with van der Waals surface area (Å²) in [6.45, 7) is 13.7. The quantitative estimate of drug-likeness (QED) is 0.105. The van der Waals surface area contributed by atoms with Crippen molar-refractivity contribution in [2.24, 2.45) is 0 Å². The standard InChI is InChI=1S/C98H77OP/c1-97(2,3)78-58-52-74(53-59-78)93-89(70-42-24-11-25-43-70)85(66-34-16-7-17-35-66)87(68-38-20-9-21-39-68)91(72-46-28-13-29-47-72)95(93)76-56-62-83-81(64-76)82-65-77(57-63-84(82)100(83,99)80-50-32-15-33-51-80)96-92(73-48-30-14-31-49-73)88(69-40-22-10-23-41-69)86(67-36-18-8-19-37-67)90(71-44-26-12-27-45-71)94(96)75-54-60-79(61-55-75)98(4,5)6/h7-65H,1-6H3. The summed E-state index contributed by atoms with van der Waals surface area (Å²) in [5.74, 6) is 0. The molecule has 1 nitrogen and oxygen atoms in total. The van der Waals surface area contributed by atoms with Gasteiger partial charge < -0.3 is 4.57 Å². The van der Waals surface area contributed by atoms with Gasteiger partial charge in [0.2, 0.25) is 0 Å². The summed E-state index contributed by atoms with van der Waals surface area (Å²) in [6.07, 6.45) is 0. The van der Waals surface area contributed by atoms with Gasteiger partial charge >= 0.3 is 0 Å². The molecule has 0 bridgehead atoms. The van der Waals surface area contributed by atoms with Crippen molar-refractivity contribution in [3.05, 3.63) is 369 Å². The smallest absolute Gasteiger partial charge is 0.172 e. The van der Waals surface area contributed by atoms with Crippen molar-refractivity contribution in [3.8, 4) is 145 Å². The lowest BCUT2D eigenvalue weighted by Crippen LogP contribution is -2.20. The van der Waals surface area contributed by atoms with E-state index in [9.17, 15) is 0 Å². The first-order valence-corrected chi connectivity index (χ1v) is 36.6. The van der Waals surface area contributed by atoms with E-state index >= 15 is 4.57 Å².